The van der Waals surface area contributed by atoms with Crippen LogP contribution in [0.3, 0.4) is 0 Å². The van der Waals surface area contributed by atoms with E-state index in [1.807, 2.05) is 18.3 Å². The average Bonchev–Trinajstić information content (AvgIpc) is 3.10. The minimum absolute atomic E-state index is 0.314. The van der Waals surface area contributed by atoms with Gasteiger partial charge >= 0.3 is 5.97 Å². The maximum Gasteiger partial charge on any atom is 0.337 e. The Balaban J connectivity index is 1.56. The van der Waals surface area contributed by atoms with Gasteiger partial charge in [-0.1, -0.05) is 18.2 Å². The number of aromatic nitrogens is 2. The number of rotatable bonds is 4. The zero-order valence-electron chi connectivity index (χ0n) is 15.7. The van der Waals surface area contributed by atoms with Crippen molar-refractivity contribution in [3.8, 4) is 0 Å². The van der Waals surface area contributed by atoms with E-state index in [2.05, 4.69) is 40.9 Å². The van der Waals surface area contributed by atoms with Crippen LogP contribution in [0.25, 0.3) is 16.6 Å². The van der Waals surface area contributed by atoms with Crippen molar-refractivity contribution in [2.75, 3.05) is 27.2 Å². The zero-order chi connectivity index (χ0) is 18.8. The highest BCUT2D eigenvalue weighted by atomic mass is 16.5. The summed E-state index contributed by atoms with van der Waals surface area (Å²) in [4.78, 5) is 18.6. The fraction of sp³-hybridized carbons (Fsp3) is 0.273. The van der Waals surface area contributed by atoms with E-state index in [-0.39, 0.29) is 5.97 Å². The van der Waals surface area contributed by atoms with Gasteiger partial charge < -0.3 is 14.2 Å². The molecule has 4 rings (SSSR count). The van der Waals surface area contributed by atoms with E-state index >= 15 is 0 Å². The lowest BCUT2D eigenvalue weighted by atomic mass is 10.0. The first kappa shape index (κ1) is 17.5. The molecule has 0 saturated heterocycles. The summed E-state index contributed by atoms with van der Waals surface area (Å²) < 4.78 is 6.88. The maximum absolute atomic E-state index is 11.6. The van der Waals surface area contributed by atoms with Crippen molar-refractivity contribution >= 4 is 22.6 Å². The van der Waals surface area contributed by atoms with Gasteiger partial charge in [-0.2, -0.15) is 0 Å². The number of hydrogen-bond acceptors (Lipinski definition) is 4. The summed E-state index contributed by atoms with van der Waals surface area (Å²) in [6.45, 7) is 2.80. The molecule has 0 N–H and O–H groups in total. The third kappa shape index (κ3) is 3.64. The molecule has 0 amide bonds. The molecular weight excluding hydrogens is 338 g/mol. The Hall–Kier alpha value is -2.92. The lowest BCUT2D eigenvalue weighted by Gasteiger charge is -2.21. The molecule has 27 heavy (non-hydrogen) atoms. The highest BCUT2D eigenvalue weighted by Crippen LogP contribution is 2.25. The van der Waals surface area contributed by atoms with Gasteiger partial charge in [0.05, 0.1) is 12.7 Å². The van der Waals surface area contributed by atoms with Gasteiger partial charge in [-0.05, 0) is 54.4 Å². The van der Waals surface area contributed by atoms with Crippen LogP contribution in [0, 0.1) is 0 Å². The fourth-order valence-corrected chi connectivity index (χ4v) is 3.47. The summed E-state index contributed by atoms with van der Waals surface area (Å²) in [6, 6.07) is 11.8. The van der Waals surface area contributed by atoms with Gasteiger partial charge in [0.25, 0.3) is 0 Å². The lowest BCUT2D eigenvalue weighted by molar-refractivity contribution is 0.0600. The van der Waals surface area contributed by atoms with Crippen LogP contribution in [0.4, 0.5) is 0 Å². The number of carbonyl (C=O) groups excluding carboxylic acids is 1. The molecule has 3 heterocycles. The molecule has 1 aromatic carbocycles. The SMILES string of the molecule is COC(=O)c1ccc(Cn2ccc3cc(C4=CCN(C)CC4)cnc32)cc1. The van der Waals surface area contributed by atoms with Crippen LogP contribution in [0.1, 0.15) is 27.9 Å². The number of hydrogen-bond donors (Lipinski definition) is 0. The number of ether oxygens (including phenoxy) is 1. The van der Waals surface area contributed by atoms with Gasteiger partial charge in [-0.3, -0.25) is 0 Å². The van der Waals surface area contributed by atoms with Crippen molar-refractivity contribution in [1.29, 1.82) is 0 Å². The van der Waals surface area contributed by atoms with Crippen molar-refractivity contribution < 1.29 is 9.53 Å². The number of likely N-dealkylation sites (N-methyl/N-ethyl adjacent to an activating group) is 1. The molecule has 0 bridgehead atoms. The Morgan fingerprint density at radius 1 is 1.22 bits per heavy atom. The van der Waals surface area contributed by atoms with Crippen molar-refractivity contribution in [3.63, 3.8) is 0 Å². The minimum Gasteiger partial charge on any atom is -0.465 e. The molecule has 0 saturated carbocycles. The van der Waals surface area contributed by atoms with E-state index < -0.39 is 0 Å². The number of pyridine rings is 1. The Morgan fingerprint density at radius 3 is 2.74 bits per heavy atom. The molecule has 0 radical (unpaired) electrons. The second kappa shape index (κ2) is 7.37. The van der Waals surface area contributed by atoms with E-state index in [1.54, 1.807) is 12.1 Å². The summed E-state index contributed by atoms with van der Waals surface area (Å²) in [6.07, 6.45) is 7.41. The van der Waals surface area contributed by atoms with Gasteiger partial charge in [-0.15, -0.1) is 0 Å². The monoisotopic (exact) mass is 361 g/mol. The molecule has 2 aromatic heterocycles. The molecule has 0 spiro atoms. The van der Waals surface area contributed by atoms with Crippen LogP contribution in [0.5, 0.6) is 0 Å². The van der Waals surface area contributed by atoms with E-state index in [0.29, 0.717) is 12.1 Å². The maximum atomic E-state index is 11.6. The number of esters is 1. The molecule has 1 aliphatic heterocycles. The van der Waals surface area contributed by atoms with Crippen LogP contribution in [0.15, 0.2) is 54.9 Å². The van der Waals surface area contributed by atoms with Gasteiger partial charge in [-0.25, -0.2) is 9.78 Å². The van der Waals surface area contributed by atoms with Crippen molar-refractivity contribution in [3.05, 3.63) is 71.6 Å². The second-order valence-corrected chi connectivity index (χ2v) is 7.01. The molecule has 0 fully saturated rings. The van der Waals surface area contributed by atoms with Crippen LogP contribution >= 0.6 is 0 Å². The normalized spacial score (nSPS) is 15.0. The smallest absolute Gasteiger partial charge is 0.337 e. The van der Waals surface area contributed by atoms with E-state index in [1.165, 1.54) is 18.2 Å². The third-order valence-electron chi connectivity index (χ3n) is 5.11. The van der Waals surface area contributed by atoms with Gasteiger partial charge in [0.2, 0.25) is 0 Å². The summed E-state index contributed by atoms with van der Waals surface area (Å²) in [5.74, 6) is -0.314. The number of fused-ring (bicyclic) bond motifs is 1. The first-order valence-corrected chi connectivity index (χ1v) is 9.14. The Bertz CT molecular complexity index is 1000. The Labute approximate surface area is 158 Å². The average molecular weight is 361 g/mol. The number of methoxy groups -OCH3 is 1. The van der Waals surface area contributed by atoms with Crippen molar-refractivity contribution in [1.82, 2.24) is 14.5 Å². The van der Waals surface area contributed by atoms with Crippen LogP contribution in [-0.4, -0.2) is 47.7 Å². The molecular formula is C22H23N3O2. The first-order chi connectivity index (χ1) is 13.1. The van der Waals surface area contributed by atoms with Gasteiger partial charge in [0.15, 0.2) is 0 Å². The van der Waals surface area contributed by atoms with Crippen molar-refractivity contribution in [2.45, 2.75) is 13.0 Å². The van der Waals surface area contributed by atoms with Crippen LogP contribution in [0.2, 0.25) is 0 Å². The van der Waals surface area contributed by atoms with Gasteiger partial charge in [0, 0.05) is 37.4 Å². The van der Waals surface area contributed by atoms with Crippen molar-refractivity contribution in [2.24, 2.45) is 0 Å². The highest BCUT2D eigenvalue weighted by Gasteiger charge is 2.12. The van der Waals surface area contributed by atoms with Crippen LogP contribution in [-0.2, 0) is 11.3 Å². The predicted molar refractivity (Wildman–Crippen MR) is 107 cm³/mol. The molecule has 3 aromatic rings. The second-order valence-electron chi connectivity index (χ2n) is 7.01. The first-order valence-electron chi connectivity index (χ1n) is 9.14. The Kier molecular flexibility index (Phi) is 4.77. The predicted octanol–water partition coefficient (Wildman–Crippen LogP) is 3.59. The summed E-state index contributed by atoms with van der Waals surface area (Å²) in [5, 5.41) is 1.15. The molecule has 0 unspecified atom stereocenters. The van der Waals surface area contributed by atoms with Crippen LogP contribution < -0.4 is 0 Å². The molecule has 138 valence electrons. The fourth-order valence-electron chi connectivity index (χ4n) is 3.47. The summed E-state index contributed by atoms with van der Waals surface area (Å²) >= 11 is 0. The van der Waals surface area contributed by atoms with E-state index in [0.717, 1.165) is 36.1 Å². The van der Waals surface area contributed by atoms with E-state index in [9.17, 15) is 4.79 Å². The molecule has 5 heteroatoms. The summed E-state index contributed by atoms with van der Waals surface area (Å²) in [5.41, 5.74) is 5.26. The quantitative estimate of drug-likeness (QED) is 0.666. The number of nitrogens with zero attached hydrogens (tertiary/aromatic N) is 3. The largest absolute Gasteiger partial charge is 0.465 e. The molecule has 0 aliphatic carbocycles. The van der Waals surface area contributed by atoms with Gasteiger partial charge in [0.1, 0.15) is 5.65 Å². The summed E-state index contributed by atoms with van der Waals surface area (Å²) in [7, 11) is 3.54. The third-order valence-corrected chi connectivity index (χ3v) is 5.11. The minimum atomic E-state index is -0.314. The highest BCUT2D eigenvalue weighted by molar-refractivity contribution is 5.89. The lowest BCUT2D eigenvalue weighted by Crippen LogP contribution is -2.23. The number of benzene rings is 1. The molecule has 1 aliphatic rings. The molecule has 0 atom stereocenters. The van der Waals surface area contributed by atoms with E-state index in [4.69, 9.17) is 9.72 Å². The zero-order valence-corrected chi connectivity index (χ0v) is 15.7. The Morgan fingerprint density at radius 2 is 2.04 bits per heavy atom. The number of carbonyl (C=O) groups is 1. The topological polar surface area (TPSA) is 47.4 Å². The molecule has 5 nitrogen and oxygen atoms in total. The standard InChI is InChI=1S/C22H23N3O2/c1-24-10-7-17(8-11-24)20-13-19-9-12-25(21(19)23-14-20)15-16-3-5-18(6-4-16)22(26)27-2/h3-7,9,12-14H,8,10-11,15H2,1-2H3.